The number of ether oxygens (including phenoxy) is 3. The molecule has 3 rings (SSSR count). The predicted molar refractivity (Wildman–Crippen MR) is 76.0 cm³/mol. The zero-order valence-corrected chi connectivity index (χ0v) is 11.9. The number of hydrogen-bond donors (Lipinski definition) is 1. The molecule has 0 bridgehead atoms. The van der Waals surface area contributed by atoms with Gasteiger partial charge in [0.05, 0.1) is 0 Å². The highest BCUT2D eigenvalue weighted by Gasteiger charge is 2.14. The number of aromatic nitrogens is 2. The number of thioether (sulfide) groups is 1. The van der Waals surface area contributed by atoms with Crippen LogP contribution in [0.1, 0.15) is 0 Å². The number of rotatable bonds is 4. The number of nitrogens with one attached hydrogen (secondary N) is 1. The first-order valence-electron chi connectivity index (χ1n) is 5.97. The first kappa shape index (κ1) is 12.9. The van der Waals surface area contributed by atoms with Gasteiger partial charge in [0, 0.05) is 19.2 Å². The van der Waals surface area contributed by atoms with Crippen molar-refractivity contribution in [3.8, 4) is 23.1 Å². The Labute approximate surface area is 120 Å². The lowest BCUT2D eigenvalue weighted by Gasteiger charge is -2.08. The van der Waals surface area contributed by atoms with Crippen molar-refractivity contribution in [3.63, 3.8) is 0 Å². The third-order valence-electron chi connectivity index (χ3n) is 2.69. The van der Waals surface area contributed by atoms with E-state index in [-0.39, 0.29) is 6.79 Å². The standard InChI is InChI=1S/C13H13N3O3S/c1-14-11-6-12(16-13(15-11)20-2)19-8-3-4-9-10(5-8)18-7-17-9/h3-6H,7H2,1-2H3,(H,14,15,16). The van der Waals surface area contributed by atoms with Crippen molar-refractivity contribution in [2.75, 3.05) is 25.4 Å². The average molecular weight is 291 g/mol. The molecule has 104 valence electrons. The monoisotopic (exact) mass is 291 g/mol. The van der Waals surface area contributed by atoms with Crippen LogP contribution in [0, 0.1) is 0 Å². The van der Waals surface area contributed by atoms with Gasteiger partial charge >= 0.3 is 0 Å². The molecule has 1 aromatic carbocycles. The summed E-state index contributed by atoms with van der Waals surface area (Å²) < 4.78 is 16.3. The lowest BCUT2D eigenvalue weighted by molar-refractivity contribution is 0.174. The van der Waals surface area contributed by atoms with E-state index in [2.05, 4.69) is 15.3 Å². The van der Waals surface area contributed by atoms with Crippen molar-refractivity contribution in [1.82, 2.24) is 9.97 Å². The topological polar surface area (TPSA) is 65.5 Å². The van der Waals surface area contributed by atoms with E-state index in [0.29, 0.717) is 28.4 Å². The SMILES string of the molecule is CNc1cc(Oc2ccc3c(c2)OCO3)nc(SC)n1. The van der Waals surface area contributed by atoms with Gasteiger partial charge in [-0.05, 0) is 18.4 Å². The molecule has 0 saturated carbocycles. The molecule has 0 spiro atoms. The molecule has 6 nitrogen and oxygen atoms in total. The highest BCUT2D eigenvalue weighted by Crippen LogP contribution is 2.36. The van der Waals surface area contributed by atoms with Crippen LogP contribution in [0.25, 0.3) is 0 Å². The van der Waals surface area contributed by atoms with Crippen LogP contribution in [0.15, 0.2) is 29.4 Å². The van der Waals surface area contributed by atoms with E-state index >= 15 is 0 Å². The van der Waals surface area contributed by atoms with Crippen LogP contribution in [0.5, 0.6) is 23.1 Å². The van der Waals surface area contributed by atoms with E-state index in [4.69, 9.17) is 14.2 Å². The molecule has 1 aliphatic heterocycles. The zero-order valence-electron chi connectivity index (χ0n) is 11.0. The fourth-order valence-corrected chi connectivity index (χ4v) is 2.11. The highest BCUT2D eigenvalue weighted by atomic mass is 32.2. The van der Waals surface area contributed by atoms with Gasteiger partial charge in [-0.25, -0.2) is 4.98 Å². The van der Waals surface area contributed by atoms with Gasteiger partial charge < -0.3 is 19.5 Å². The van der Waals surface area contributed by atoms with E-state index in [0.717, 1.165) is 5.75 Å². The van der Waals surface area contributed by atoms with E-state index in [1.165, 1.54) is 11.8 Å². The van der Waals surface area contributed by atoms with Gasteiger partial charge in [-0.3, -0.25) is 0 Å². The normalized spacial score (nSPS) is 12.3. The van der Waals surface area contributed by atoms with Crippen LogP contribution in [-0.4, -0.2) is 30.1 Å². The Kier molecular flexibility index (Phi) is 3.51. The Morgan fingerprint density at radius 1 is 1.20 bits per heavy atom. The fourth-order valence-electron chi connectivity index (χ4n) is 1.74. The van der Waals surface area contributed by atoms with Crippen LogP contribution in [0.3, 0.4) is 0 Å². The largest absolute Gasteiger partial charge is 0.454 e. The third-order valence-corrected chi connectivity index (χ3v) is 3.24. The molecule has 0 radical (unpaired) electrons. The Morgan fingerprint density at radius 3 is 2.85 bits per heavy atom. The third kappa shape index (κ3) is 2.57. The maximum Gasteiger partial charge on any atom is 0.231 e. The van der Waals surface area contributed by atoms with E-state index in [1.807, 2.05) is 18.4 Å². The average Bonchev–Trinajstić information content (AvgIpc) is 2.94. The number of benzene rings is 1. The van der Waals surface area contributed by atoms with E-state index in [1.54, 1.807) is 19.2 Å². The Morgan fingerprint density at radius 2 is 2.05 bits per heavy atom. The molecule has 20 heavy (non-hydrogen) atoms. The van der Waals surface area contributed by atoms with Gasteiger partial charge in [0.15, 0.2) is 16.7 Å². The molecule has 1 N–H and O–H groups in total. The number of hydrogen-bond acceptors (Lipinski definition) is 7. The first-order chi connectivity index (χ1) is 9.78. The molecule has 0 amide bonds. The number of fused-ring (bicyclic) bond motifs is 1. The molecule has 0 atom stereocenters. The Balaban J connectivity index is 1.87. The minimum atomic E-state index is 0.243. The molecule has 7 heteroatoms. The van der Waals surface area contributed by atoms with Crippen molar-refractivity contribution in [3.05, 3.63) is 24.3 Å². The van der Waals surface area contributed by atoms with Crippen LogP contribution < -0.4 is 19.5 Å². The van der Waals surface area contributed by atoms with Crippen molar-refractivity contribution >= 4 is 17.6 Å². The van der Waals surface area contributed by atoms with Gasteiger partial charge in [-0.2, -0.15) is 4.98 Å². The smallest absolute Gasteiger partial charge is 0.231 e. The molecule has 0 fully saturated rings. The van der Waals surface area contributed by atoms with Gasteiger partial charge in [0.1, 0.15) is 11.6 Å². The molecular weight excluding hydrogens is 278 g/mol. The minimum absolute atomic E-state index is 0.243. The summed E-state index contributed by atoms with van der Waals surface area (Å²) in [5, 5.41) is 3.63. The molecule has 0 aliphatic carbocycles. The molecule has 2 heterocycles. The maximum absolute atomic E-state index is 5.75. The van der Waals surface area contributed by atoms with E-state index < -0.39 is 0 Å². The van der Waals surface area contributed by atoms with E-state index in [9.17, 15) is 0 Å². The second-order valence-electron chi connectivity index (χ2n) is 3.95. The molecule has 1 aliphatic rings. The van der Waals surface area contributed by atoms with Crippen molar-refractivity contribution < 1.29 is 14.2 Å². The van der Waals surface area contributed by atoms with Crippen molar-refractivity contribution in [1.29, 1.82) is 0 Å². The molecule has 2 aromatic rings. The summed E-state index contributed by atoms with van der Waals surface area (Å²) in [4.78, 5) is 8.59. The van der Waals surface area contributed by atoms with Crippen molar-refractivity contribution in [2.45, 2.75) is 5.16 Å². The quantitative estimate of drug-likeness (QED) is 0.686. The second kappa shape index (κ2) is 5.46. The summed E-state index contributed by atoms with van der Waals surface area (Å²) in [6.07, 6.45) is 1.92. The van der Waals surface area contributed by atoms with Gasteiger partial charge in [0.2, 0.25) is 12.7 Å². The summed E-state index contributed by atoms with van der Waals surface area (Å²) in [5.41, 5.74) is 0. The van der Waals surface area contributed by atoms with Crippen LogP contribution >= 0.6 is 11.8 Å². The van der Waals surface area contributed by atoms with Crippen molar-refractivity contribution in [2.24, 2.45) is 0 Å². The second-order valence-corrected chi connectivity index (χ2v) is 4.72. The number of nitrogens with zero attached hydrogens (tertiary/aromatic N) is 2. The molecule has 0 saturated heterocycles. The molecule has 0 unspecified atom stereocenters. The van der Waals surface area contributed by atoms with Crippen LogP contribution in [-0.2, 0) is 0 Å². The Hall–Kier alpha value is -2.15. The summed E-state index contributed by atoms with van der Waals surface area (Å²) in [6.45, 7) is 0.243. The van der Waals surface area contributed by atoms with Gasteiger partial charge in [-0.1, -0.05) is 11.8 Å². The first-order valence-corrected chi connectivity index (χ1v) is 7.19. The van der Waals surface area contributed by atoms with Gasteiger partial charge in [0.25, 0.3) is 0 Å². The predicted octanol–water partition coefficient (Wildman–Crippen LogP) is 2.76. The number of anilines is 1. The zero-order chi connectivity index (χ0) is 13.9. The Bertz CT molecular complexity index is 614. The summed E-state index contributed by atoms with van der Waals surface area (Å²) in [6, 6.07) is 7.15. The summed E-state index contributed by atoms with van der Waals surface area (Å²) in [7, 11) is 1.80. The molecule has 1 aromatic heterocycles. The van der Waals surface area contributed by atoms with Gasteiger partial charge in [-0.15, -0.1) is 0 Å². The molecular formula is C13H13N3O3S. The summed E-state index contributed by atoms with van der Waals surface area (Å²) >= 11 is 1.46. The fraction of sp³-hybridized carbons (Fsp3) is 0.231. The lowest BCUT2D eigenvalue weighted by atomic mass is 10.3. The highest BCUT2D eigenvalue weighted by molar-refractivity contribution is 7.98. The minimum Gasteiger partial charge on any atom is -0.454 e. The lowest BCUT2D eigenvalue weighted by Crippen LogP contribution is -1.98. The summed E-state index contributed by atoms with van der Waals surface area (Å²) in [5.74, 6) is 3.23. The maximum atomic E-state index is 5.75. The van der Waals surface area contributed by atoms with Crippen LogP contribution in [0.2, 0.25) is 0 Å². The van der Waals surface area contributed by atoms with Crippen LogP contribution in [0.4, 0.5) is 5.82 Å².